The Morgan fingerprint density at radius 3 is 2.57 bits per heavy atom. The van der Waals surface area contributed by atoms with Crippen molar-refractivity contribution in [1.82, 2.24) is 0 Å². The molecule has 0 amide bonds. The number of nitrogens with two attached hydrogens (primary N) is 1. The van der Waals surface area contributed by atoms with Gasteiger partial charge in [0.1, 0.15) is 0 Å². The van der Waals surface area contributed by atoms with E-state index in [0.717, 1.165) is 12.1 Å². The van der Waals surface area contributed by atoms with E-state index in [9.17, 15) is 0 Å². The van der Waals surface area contributed by atoms with Gasteiger partial charge in [-0.15, -0.1) is 11.8 Å². The number of benzene rings is 1. The van der Waals surface area contributed by atoms with E-state index in [1.54, 1.807) is 0 Å². The first-order chi connectivity index (χ1) is 6.58. The first kappa shape index (κ1) is 9.66. The average Bonchev–Trinajstić information content (AvgIpc) is 2.47. The third kappa shape index (κ3) is 1.80. The standard InChI is InChI=1S/C12H15NS/c1-12(2)8-7-11(14-12)9-5-3-4-6-10(9)13/h3-7H,8,13H2,1-2H3. The number of allylic oxidation sites excluding steroid dienone is 1. The van der Waals surface area contributed by atoms with E-state index in [1.807, 2.05) is 30.0 Å². The van der Waals surface area contributed by atoms with Crippen LogP contribution in [0.3, 0.4) is 0 Å². The maximum Gasteiger partial charge on any atom is 0.0398 e. The fourth-order valence-corrected chi connectivity index (χ4v) is 2.83. The van der Waals surface area contributed by atoms with Gasteiger partial charge in [-0.3, -0.25) is 0 Å². The van der Waals surface area contributed by atoms with Gasteiger partial charge in [0, 0.05) is 20.9 Å². The summed E-state index contributed by atoms with van der Waals surface area (Å²) < 4.78 is 0.331. The molecule has 1 aromatic carbocycles. The van der Waals surface area contributed by atoms with Crippen LogP contribution >= 0.6 is 11.8 Å². The first-order valence-corrected chi connectivity index (χ1v) is 5.64. The maximum absolute atomic E-state index is 5.93. The lowest BCUT2D eigenvalue weighted by atomic mass is 10.1. The van der Waals surface area contributed by atoms with Gasteiger partial charge >= 0.3 is 0 Å². The lowest BCUT2D eigenvalue weighted by Gasteiger charge is -2.16. The van der Waals surface area contributed by atoms with Crippen LogP contribution in [-0.4, -0.2) is 4.75 Å². The first-order valence-electron chi connectivity index (χ1n) is 4.82. The summed E-state index contributed by atoms with van der Waals surface area (Å²) in [6, 6.07) is 8.07. The van der Waals surface area contributed by atoms with E-state index in [-0.39, 0.29) is 0 Å². The Morgan fingerprint density at radius 1 is 1.29 bits per heavy atom. The van der Waals surface area contributed by atoms with E-state index in [4.69, 9.17) is 5.73 Å². The van der Waals surface area contributed by atoms with Crippen LogP contribution < -0.4 is 5.73 Å². The van der Waals surface area contributed by atoms with Crippen LogP contribution in [-0.2, 0) is 0 Å². The van der Waals surface area contributed by atoms with Gasteiger partial charge < -0.3 is 5.73 Å². The lowest BCUT2D eigenvalue weighted by molar-refractivity contribution is 0.740. The molecular formula is C12H15NS. The number of anilines is 1. The van der Waals surface area contributed by atoms with Gasteiger partial charge in [-0.25, -0.2) is 0 Å². The van der Waals surface area contributed by atoms with Gasteiger partial charge in [0.25, 0.3) is 0 Å². The predicted octanol–water partition coefficient (Wildman–Crippen LogP) is 3.53. The second-order valence-electron chi connectivity index (χ2n) is 4.22. The van der Waals surface area contributed by atoms with Crippen LogP contribution in [0.5, 0.6) is 0 Å². The smallest absolute Gasteiger partial charge is 0.0398 e. The van der Waals surface area contributed by atoms with Crippen molar-refractivity contribution in [3.63, 3.8) is 0 Å². The molecule has 2 heteroatoms. The minimum atomic E-state index is 0.331. The minimum absolute atomic E-state index is 0.331. The van der Waals surface area contributed by atoms with Crippen molar-refractivity contribution < 1.29 is 0 Å². The van der Waals surface area contributed by atoms with Crippen LogP contribution in [0.4, 0.5) is 5.69 Å². The van der Waals surface area contributed by atoms with E-state index >= 15 is 0 Å². The van der Waals surface area contributed by atoms with Crippen molar-refractivity contribution in [1.29, 1.82) is 0 Å². The van der Waals surface area contributed by atoms with Gasteiger partial charge in [0.2, 0.25) is 0 Å². The summed E-state index contributed by atoms with van der Waals surface area (Å²) in [5, 5.41) is 0. The molecule has 0 spiro atoms. The number of para-hydroxylation sites is 1. The molecule has 74 valence electrons. The average molecular weight is 205 g/mol. The Labute approximate surface area is 89.4 Å². The molecule has 1 heterocycles. The van der Waals surface area contributed by atoms with Gasteiger partial charge in [-0.1, -0.05) is 38.1 Å². The summed E-state index contributed by atoms with van der Waals surface area (Å²) in [4.78, 5) is 1.33. The number of hydrogen-bond acceptors (Lipinski definition) is 2. The predicted molar refractivity (Wildman–Crippen MR) is 65.1 cm³/mol. The van der Waals surface area contributed by atoms with Crippen molar-refractivity contribution in [2.24, 2.45) is 0 Å². The summed E-state index contributed by atoms with van der Waals surface area (Å²) in [6.07, 6.45) is 3.41. The van der Waals surface area contributed by atoms with Crippen LogP contribution in [0, 0.1) is 0 Å². The lowest BCUT2D eigenvalue weighted by Crippen LogP contribution is -2.07. The second kappa shape index (κ2) is 3.35. The van der Waals surface area contributed by atoms with Crippen molar-refractivity contribution in [3.8, 4) is 0 Å². The highest BCUT2D eigenvalue weighted by atomic mass is 32.2. The third-order valence-electron chi connectivity index (χ3n) is 2.39. The van der Waals surface area contributed by atoms with E-state index in [0.29, 0.717) is 4.75 Å². The molecule has 1 aliphatic rings. The Kier molecular flexibility index (Phi) is 2.31. The highest BCUT2D eigenvalue weighted by Crippen LogP contribution is 2.47. The fraction of sp³-hybridized carbons (Fsp3) is 0.333. The van der Waals surface area contributed by atoms with Gasteiger partial charge in [0.15, 0.2) is 0 Å². The molecule has 14 heavy (non-hydrogen) atoms. The van der Waals surface area contributed by atoms with Crippen LogP contribution in [0.25, 0.3) is 4.91 Å². The molecule has 1 aromatic rings. The summed E-state index contributed by atoms with van der Waals surface area (Å²) in [7, 11) is 0. The summed E-state index contributed by atoms with van der Waals surface area (Å²) in [5.41, 5.74) is 8.00. The molecule has 0 aromatic heterocycles. The van der Waals surface area contributed by atoms with E-state index < -0.39 is 0 Å². The normalized spacial score (nSPS) is 19.4. The van der Waals surface area contributed by atoms with Crippen LogP contribution in [0.2, 0.25) is 0 Å². The van der Waals surface area contributed by atoms with Gasteiger partial charge in [-0.05, 0) is 12.5 Å². The summed E-state index contributed by atoms with van der Waals surface area (Å²) in [6.45, 7) is 4.53. The SMILES string of the molecule is CC1(C)CC=C(c2ccccc2N)S1. The quantitative estimate of drug-likeness (QED) is 0.710. The topological polar surface area (TPSA) is 26.0 Å². The largest absolute Gasteiger partial charge is 0.398 e. The zero-order valence-corrected chi connectivity index (χ0v) is 9.40. The van der Waals surface area contributed by atoms with E-state index in [1.165, 1.54) is 10.5 Å². The zero-order chi connectivity index (χ0) is 10.2. The number of thioether (sulfide) groups is 1. The van der Waals surface area contributed by atoms with Crippen LogP contribution in [0.15, 0.2) is 30.3 Å². The fourth-order valence-electron chi connectivity index (χ4n) is 1.61. The Morgan fingerprint density at radius 2 is 2.00 bits per heavy atom. The molecule has 0 bridgehead atoms. The van der Waals surface area contributed by atoms with E-state index in [2.05, 4.69) is 26.0 Å². The molecule has 1 aliphatic heterocycles. The molecule has 2 N–H and O–H groups in total. The zero-order valence-electron chi connectivity index (χ0n) is 8.58. The van der Waals surface area contributed by atoms with Crippen molar-refractivity contribution in [2.45, 2.75) is 25.0 Å². The third-order valence-corrected chi connectivity index (χ3v) is 3.72. The highest BCUT2D eigenvalue weighted by Gasteiger charge is 2.26. The summed E-state index contributed by atoms with van der Waals surface area (Å²) in [5.74, 6) is 0. The van der Waals surface area contributed by atoms with Crippen molar-refractivity contribution in [2.75, 3.05) is 5.73 Å². The Balaban J connectivity index is 2.30. The monoisotopic (exact) mass is 205 g/mol. The van der Waals surface area contributed by atoms with Crippen LogP contribution in [0.1, 0.15) is 25.8 Å². The van der Waals surface area contributed by atoms with Crippen molar-refractivity contribution in [3.05, 3.63) is 35.9 Å². The highest BCUT2D eigenvalue weighted by molar-refractivity contribution is 8.09. The number of hydrogen-bond donors (Lipinski definition) is 1. The molecule has 2 rings (SSSR count). The molecule has 1 nitrogen and oxygen atoms in total. The maximum atomic E-state index is 5.93. The van der Waals surface area contributed by atoms with Gasteiger partial charge in [0.05, 0.1) is 0 Å². The molecule has 0 aliphatic carbocycles. The van der Waals surface area contributed by atoms with Gasteiger partial charge in [-0.2, -0.15) is 0 Å². The molecule has 0 atom stereocenters. The molecule has 0 radical (unpaired) electrons. The second-order valence-corrected chi connectivity index (χ2v) is 5.97. The Bertz CT molecular complexity index is 380. The number of nitrogen functional groups attached to an aromatic ring is 1. The Hall–Kier alpha value is -0.890. The molecule has 0 saturated carbocycles. The van der Waals surface area contributed by atoms with Crippen molar-refractivity contribution >= 4 is 22.4 Å². The number of rotatable bonds is 1. The molecular weight excluding hydrogens is 190 g/mol. The minimum Gasteiger partial charge on any atom is -0.398 e. The molecule has 0 saturated heterocycles. The molecule has 0 fully saturated rings. The summed E-state index contributed by atoms with van der Waals surface area (Å²) >= 11 is 1.92. The molecule has 0 unspecified atom stereocenters.